The van der Waals surface area contributed by atoms with Gasteiger partial charge in [0, 0.05) is 29.9 Å². The SMILES string of the molecule is COc1cc2c(OC3OC(C)C(N[C@@H](CCC(=O)O)C(=O)O)C(OC(C)=O)C3O)c3c(c(-c4ccc5c(c4)OCO5)c2cc1OC)C(=O)OC3. The Morgan fingerprint density at radius 1 is 0.980 bits per heavy atom. The molecule has 0 amide bonds. The number of cyclic esters (lactones) is 1. The van der Waals surface area contributed by atoms with Crippen molar-refractivity contribution >= 4 is 34.6 Å². The molecule has 4 N–H and O–H groups in total. The predicted octanol–water partition coefficient (Wildman–Crippen LogP) is 2.62. The number of hydrogen-bond donors (Lipinski definition) is 4. The zero-order valence-electron chi connectivity index (χ0n) is 27.4. The minimum atomic E-state index is -1.70. The molecule has 1 saturated heterocycles. The first-order valence-corrected chi connectivity index (χ1v) is 15.6. The summed E-state index contributed by atoms with van der Waals surface area (Å²) in [4.78, 5) is 48.8. The number of rotatable bonds is 12. The van der Waals surface area contributed by atoms with E-state index in [2.05, 4.69) is 5.32 Å². The largest absolute Gasteiger partial charge is 0.493 e. The van der Waals surface area contributed by atoms with Gasteiger partial charge in [-0.25, -0.2) is 4.79 Å². The minimum absolute atomic E-state index is 0.0453. The molecule has 1 fully saturated rings. The quantitative estimate of drug-likeness (QED) is 0.200. The second-order valence-electron chi connectivity index (χ2n) is 11.9. The van der Waals surface area contributed by atoms with Gasteiger partial charge in [-0.3, -0.25) is 19.7 Å². The molecule has 5 unspecified atom stereocenters. The number of carbonyl (C=O) groups is 4. The molecule has 3 heterocycles. The van der Waals surface area contributed by atoms with Crippen LogP contribution in [0.3, 0.4) is 0 Å². The topological polar surface area (TPSA) is 215 Å². The molecule has 6 atom stereocenters. The number of fused-ring (bicyclic) bond motifs is 3. The van der Waals surface area contributed by atoms with Crippen molar-refractivity contribution in [3.8, 4) is 39.9 Å². The molecule has 0 saturated carbocycles. The van der Waals surface area contributed by atoms with Gasteiger partial charge in [0.2, 0.25) is 13.1 Å². The van der Waals surface area contributed by atoms with Crippen LogP contribution < -0.4 is 29.0 Å². The molecule has 0 aliphatic carbocycles. The number of carbonyl (C=O) groups excluding carboxylic acids is 2. The van der Waals surface area contributed by atoms with Gasteiger partial charge in [-0.05, 0) is 48.6 Å². The van der Waals surface area contributed by atoms with Crippen LogP contribution in [0.2, 0.25) is 0 Å². The molecule has 0 aromatic heterocycles. The van der Waals surface area contributed by atoms with E-state index in [9.17, 15) is 29.4 Å². The third-order valence-electron chi connectivity index (χ3n) is 8.78. The number of carboxylic acid groups (broad SMARTS) is 2. The van der Waals surface area contributed by atoms with Crippen LogP contribution in [0.4, 0.5) is 0 Å². The average Bonchev–Trinajstić information content (AvgIpc) is 3.71. The highest BCUT2D eigenvalue weighted by Crippen LogP contribution is 2.49. The standard InChI is InChI=1S/C34H35NO15/c1-14-28(35-20(32(40)41)6-8-25(37)38)31(49-15(2)36)29(39)34(48-14)50-30-18-11-23(44-4)22(43-3)10-17(18)26(27-19(30)12-45-33(27)42)16-5-7-21-24(9-16)47-13-46-21/h5,7,9-11,14,20,28-29,31,34-35,39H,6,8,12-13H2,1-4H3,(H,37,38)(H,40,41)/t14?,20-,28?,29?,31?,34?/m0/s1. The fourth-order valence-electron chi connectivity index (χ4n) is 6.46. The van der Waals surface area contributed by atoms with Crippen LogP contribution in [0.25, 0.3) is 21.9 Å². The van der Waals surface area contributed by atoms with E-state index in [0.29, 0.717) is 50.5 Å². The maximum absolute atomic E-state index is 13.4. The lowest BCUT2D eigenvalue weighted by atomic mass is 9.89. The molecular weight excluding hydrogens is 662 g/mol. The number of hydrogen-bond acceptors (Lipinski definition) is 14. The minimum Gasteiger partial charge on any atom is -0.493 e. The first-order valence-electron chi connectivity index (χ1n) is 15.6. The van der Waals surface area contributed by atoms with Gasteiger partial charge in [0.05, 0.1) is 31.9 Å². The zero-order valence-corrected chi connectivity index (χ0v) is 27.4. The molecule has 3 aromatic rings. The average molecular weight is 698 g/mol. The third kappa shape index (κ3) is 6.39. The summed E-state index contributed by atoms with van der Waals surface area (Å²) in [7, 11) is 2.92. The summed E-state index contributed by atoms with van der Waals surface area (Å²) >= 11 is 0. The molecule has 16 nitrogen and oxygen atoms in total. The highest BCUT2D eigenvalue weighted by atomic mass is 16.7. The molecule has 0 radical (unpaired) electrons. The van der Waals surface area contributed by atoms with E-state index in [0.717, 1.165) is 6.92 Å². The maximum Gasteiger partial charge on any atom is 0.339 e. The fraction of sp³-hybridized carbons (Fsp3) is 0.412. The maximum atomic E-state index is 13.4. The number of nitrogens with one attached hydrogen (secondary N) is 1. The summed E-state index contributed by atoms with van der Waals surface area (Å²) in [6, 6.07) is 6.12. The number of ether oxygens (including phenoxy) is 8. The second-order valence-corrected chi connectivity index (χ2v) is 11.9. The second kappa shape index (κ2) is 13.9. The Labute approximate surface area is 284 Å². The molecular formula is C34H35NO15. The van der Waals surface area contributed by atoms with Crippen LogP contribution in [0.5, 0.6) is 28.7 Å². The molecule has 16 heteroatoms. The van der Waals surface area contributed by atoms with Crippen LogP contribution in [0.1, 0.15) is 42.6 Å². The highest BCUT2D eigenvalue weighted by Gasteiger charge is 2.49. The lowest BCUT2D eigenvalue weighted by Gasteiger charge is -2.44. The Morgan fingerprint density at radius 2 is 1.68 bits per heavy atom. The van der Waals surface area contributed by atoms with Gasteiger partial charge in [0.1, 0.15) is 18.4 Å². The van der Waals surface area contributed by atoms with Gasteiger partial charge < -0.3 is 53.2 Å². The lowest BCUT2D eigenvalue weighted by molar-refractivity contribution is -0.248. The Hall–Kier alpha value is -5.32. The predicted molar refractivity (Wildman–Crippen MR) is 169 cm³/mol. The third-order valence-corrected chi connectivity index (χ3v) is 8.78. The summed E-state index contributed by atoms with van der Waals surface area (Å²) in [5.74, 6) is -2.13. The van der Waals surface area contributed by atoms with Crippen molar-refractivity contribution in [1.82, 2.24) is 5.32 Å². The summed E-state index contributed by atoms with van der Waals surface area (Å²) in [5, 5.41) is 34.2. The zero-order chi connectivity index (χ0) is 35.9. The number of aliphatic hydroxyl groups excluding tert-OH is 1. The normalized spacial score (nSPS) is 22.7. The molecule has 0 spiro atoms. The van der Waals surface area contributed by atoms with Gasteiger partial charge in [0.25, 0.3) is 0 Å². The van der Waals surface area contributed by atoms with Gasteiger partial charge in [0.15, 0.2) is 35.2 Å². The first-order chi connectivity index (χ1) is 23.9. The number of aliphatic hydroxyl groups is 1. The number of aliphatic carboxylic acids is 2. The van der Waals surface area contributed by atoms with Crippen molar-refractivity contribution < 1.29 is 72.4 Å². The van der Waals surface area contributed by atoms with Gasteiger partial charge >= 0.3 is 23.9 Å². The Bertz CT molecular complexity index is 1860. The van der Waals surface area contributed by atoms with E-state index in [1.165, 1.54) is 14.2 Å². The lowest BCUT2D eigenvalue weighted by Crippen LogP contribution is -2.66. The fourth-order valence-corrected chi connectivity index (χ4v) is 6.46. The van der Waals surface area contributed by atoms with E-state index >= 15 is 0 Å². The van der Waals surface area contributed by atoms with E-state index in [1.54, 1.807) is 37.3 Å². The van der Waals surface area contributed by atoms with Crippen molar-refractivity contribution in [2.45, 2.75) is 70.0 Å². The van der Waals surface area contributed by atoms with E-state index in [4.69, 9.17) is 43.0 Å². The van der Waals surface area contributed by atoms with Crippen LogP contribution in [-0.4, -0.2) is 96.9 Å². The van der Waals surface area contributed by atoms with Gasteiger partial charge in [-0.15, -0.1) is 0 Å². The summed E-state index contributed by atoms with van der Waals surface area (Å²) in [6.07, 6.45) is -6.29. The summed E-state index contributed by atoms with van der Waals surface area (Å²) in [6.45, 7) is 2.53. The Morgan fingerprint density at radius 3 is 2.34 bits per heavy atom. The highest BCUT2D eigenvalue weighted by molar-refractivity contribution is 6.14. The van der Waals surface area contributed by atoms with Crippen molar-refractivity contribution in [2.75, 3.05) is 21.0 Å². The van der Waals surface area contributed by atoms with Crippen molar-refractivity contribution in [3.05, 3.63) is 41.5 Å². The van der Waals surface area contributed by atoms with Crippen LogP contribution >= 0.6 is 0 Å². The number of carboxylic acids is 2. The van der Waals surface area contributed by atoms with Gasteiger partial charge in [-0.2, -0.15) is 0 Å². The number of esters is 2. The molecule has 3 aliphatic rings. The van der Waals surface area contributed by atoms with E-state index < -0.39 is 67.0 Å². The molecule has 3 aliphatic heterocycles. The summed E-state index contributed by atoms with van der Waals surface area (Å²) < 4.78 is 45.8. The van der Waals surface area contributed by atoms with Crippen molar-refractivity contribution in [2.24, 2.45) is 0 Å². The Kier molecular flexibility index (Phi) is 9.60. The number of benzene rings is 3. The first kappa shape index (κ1) is 34.5. The van der Waals surface area contributed by atoms with E-state index in [1.807, 2.05) is 0 Å². The monoisotopic (exact) mass is 697 g/mol. The molecule has 0 bridgehead atoms. The van der Waals surface area contributed by atoms with Crippen molar-refractivity contribution in [3.63, 3.8) is 0 Å². The smallest absolute Gasteiger partial charge is 0.339 e. The molecule has 266 valence electrons. The number of methoxy groups -OCH3 is 2. The van der Waals surface area contributed by atoms with Crippen LogP contribution in [0, 0.1) is 0 Å². The summed E-state index contributed by atoms with van der Waals surface area (Å²) in [5.41, 5.74) is 1.63. The van der Waals surface area contributed by atoms with Crippen LogP contribution in [0.15, 0.2) is 30.3 Å². The van der Waals surface area contributed by atoms with E-state index in [-0.39, 0.29) is 31.1 Å². The van der Waals surface area contributed by atoms with Crippen LogP contribution in [-0.2, 0) is 35.2 Å². The van der Waals surface area contributed by atoms with Crippen molar-refractivity contribution in [1.29, 1.82) is 0 Å². The molecule has 6 rings (SSSR count). The van der Waals surface area contributed by atoms with Gasteiger partial charge in [-0.1, -0.05) is 6.07 Å². The molecule has 50 heavy (non-hydrogen) atoms. The molecule has 3 aromatic carbocycles. The Balaban J connectivity index is 1.45.